The second-order valence-corrected chi connectivity index (χ2v) is 4.13. The van der Waals surface area contributed by atoms with E-state index in [0.29, 0.717) is 6.54 Å². The molecule has 18 heavy (non-hydrogen) atoms. The normalized spacial score (nSPS) is 11.7. The van der Waals surface area contributed by atoms with Crippen molar-refractivity contribution >= 4 is 11.9 Å². The van der Waals surface area contributed by atoms with Gasteiger partial charge in [-0.05, 0) is 14.1 Å². The van der Waals surface area contributed by atoms with E-state index in [0.717, 1.165) is 4.90 Å². The number of nitrogens with zero attached hydrogens (tertiary/aromatic N) is 2. The third kappa shape index (κ3) is 8.80. The fourth-order valence-corrected chi connectivity index (χ4v) is 1.18. The van der Waals surface area contributed by atoms with Gasteiger partial charge in [-0.15, -0.1) is 0 Å². The summed E-state index contributed by atoms with van der Waals surface area (Å²) in [6.07, 6.45) is -6.36. The number of carbonyl (C=O) groups excluding carboxylic acids is 1. The van der Waals surface area contributed by atoms with Crippen LogP contribution in [0, 0.1) is 0 Å². The minimum atomic E-state index is -4.41. The highest BCUT2D eigenvalue weighted by Gasteiger charge is 2.29. The van der Waals surface area contributed by atoms with Gasteiger partial charge in [-0.3, -0.25) is 9.59 Å². The van der Waals surface area contributed by atoms with E-state index in [4.69, 9.17) is 5.11 Å². The maximum Gasteiger partial charge on any atom is 0.389 e. The Morgan fingerprint density at radius 3 is 2.11 bits per heavy atom. The number of alkyl halides is 3. The molecule has 0 aliphatic rings. The fourth-order valence-electron chi connectivity index (χ4n) is 1.18. The largest absolute Gasteiger partial charge is 0.480 e. The van der Waals surface area contributed by atoms with Crippen LogP contribution in [0.2, 0.25) is 0 Å². The molecule has 0 aliphatic heterocycles. The fraction of sp³-hybridized carbons (Fsp3) is 0.800. The highest BCUT2D eigenvalue weighted by molar-refractivity contribution is 5.81. The molecular formula is C10H17F3N2O3. The van der Waals surface area contributed by atoms with Crippen LogP contribution >= 0.6 is 0 Å². The Kier molecular flexibility index (Phi) is 6.67. The number of carboxylic acids is 1. The molecule has 0 atom stereocenters. The number of carboxylic acid groups (broad SMARTS) is 1. The van der Waals surface area contributed by atoms with Crippen LogP contribution in [0.25, 0.3) is 0 Å². The first-order chi connectivity index (χ1) is 8.11. The number of carbonyl (C=O) groups is 2. The number of aliphatic carboxylic acids is 1. The Morgan fingerprint density at radius 2 is 1.72 bits per heavy atom. The van der Waals surface area contributed by atoms with Gasteiger partial charge in [0.05, 0.1) is 6.42 Å². The predicted molar refractivity (Wildman–Crippen MR) is 58.1 cm³/mol. The summed E-state index contributed by atoms with van der Waals surface area (Å²) in [7, 11) is 3.44. The van der Waals surface area contributed by atoms with Gasteiger partial charge in [0.1, 0.15) is 6.54 Å². The smallest absolute Gasteiger partial charge is 0.389 e. The van der Waals surface area contributed by atoms with Gasteiger partial charge in [-0.1, -0.05) is 0 Å². The molecule has 0 rings (SSSR count). The number of likely N-dealkylation sites (N-methyl/N-ethyl adjacent to an activating group) is 1. The average molecular weight is 270 g/mol. The summed E-state index contributed by atoms with van der Waals surface area (Å²) < 4.78 is 35.9. The SMILES string of the molecule is CN(C)CCN(CC(=O)O)C(=O)CCC(F)(F)F. The summed E-state index contributed by atoms with van der Waals surface area (Å²) in [4.78, 5) is 24.7. The van der Waals surface area contributed by atoms with Crippen LogP contribution in [0.3, 0.4) is 0 Å². The van der Waals surface area contributed by atoms with E-state index in [-0.39, 0.29) is 6.54 Å². The molecule has 1 N–H and O–H groups in total. The average Bonchev–Trinajstić information content (AvgIpc) is 2.19. The quantitative estimate of drug-likeness (QED) is 0.743. The Morgan fingerprint density at radius 1 is 1.17 bits per heavy atom. The van der Waals surface area contributed by atoms with E-state index >= 15 is 0 Å². The van der Waals surface area contributed by atoms with E-state index < -0.39 is 37.4 Å². The number of rotatable bonds is 7. The lowest BCUT2D eigenvalue weighted by Crippen LogP contribution is -2.40. The van der Waals surface area contributed by atoms with Crippen molar-refractivity contribution in [1.82, 2.24) is 9.80 Å². The highest BCUT2D eigenvalue weighted by atomic mass is 19.4. The lowest BCUT2D eigenvalue weighted by Gasteiger charge is -2.22. The molecule has 5 nitrogen and oxygen atoms in total. The van der Waals surface area contributed by atoms with Crippen molar-refractivity contribution in [3.8, 4) is 0 Å². The second-order valence-electron chi connectivity index (χ2n) is 4.13. The van der Waals surface area contributed by atoms with Crippen LogP contribution < -0.4 is 0 Å². The Balaban J connectivity index is 4.35. The third-order valence-corrected chi connectivity index (χ3v) is 2.12. The van der Waals surface area contributed by atoms with E-state index in [9.17, 15) is 22.8 Å². The zero-order valence-corrected chi connectivity index (χ0v) is 10.3. The lowest BCUT2D eigenvalue weighted by atomic mass is 10.2. The molecule has 0 heterocycles. The first-order valence-corrected chi connectivity index (χ1v) is 5.33. The number of hydrogen-bond acceptors (Lipinski definition) is 3. The molecule has 106 valence electrons. The molecule has 1 amide bonds. The highest BCUT2D eigenvalue weighted by Crippen LogP contribution is 2.21. The minimum absolute atomic E-state index is 0.0932. The van der Waals surface area contributed by atoms with Gasteiger partial charge in [0, 0.05) is 19.5 Å². The first kappa shape index (κ1) is 16.7. The molecule has 0 aromatic heterocycles. The standard InChI is InChI=1S/C10H17F3N2O3/c1-14(2)5-6-15(7-9(17)18)8(16)3-4-10(11,12)13/h3-7H2,1-2H3,(H,17,18). The van der Waals surface area contributed by atoms with Gasteiger partial charge in [-0.25, -0.2) is 0 Å². The summed E-state index contributed by atoms with van der Waals surface area (Å²) in [5, 5.41) is 8.60. The van der Waals surface area contributed by atoms with Crippen LogP contribution in [0.5, 0.6) is 0 Å². The van der Waals surface area contributed by atoms with Crippen molar-refractivity contribution in [2.45, 2.75) is 19.0 Å². The van der Waals surface area contributed by atoms with Crippen molar-refractivity contribution in [3.05, 3.63) is 0 Å². The summed E-state index contributed by atoms with van der Waals surface area (Å²) in [5.74, 6) is -2.04. The zero-order valence-electron chi connectivity index (χ0n) is 10.3. The predicted octanol–water partition coefficient (Wildman–Crippen LogP) is 0.804. The summed E-state index contributed by atoms with van der Waals surface area (Å²) in [6, 6.07) is 0. The molecule has 0 saturated heterocycles. The zero-order chi connectivity index (χ0) is 14.3. The van der Waals surface area contributed by atoms with Crippen molar-refractivity contribution < 1.29 is 27.9 Å². The second kappa shape index (κ2) is 7.20. The van der Waals surface area contributed by atoms with Crippen molar-refractivity contribution in [2.75, 3.05) is 33.7 Å². The molecule has 0 bridgehead atoms. The van der Waals surface area contributed by atoms with E-state index in [1.807, 2.05) is 0 Å². The first-order valence-electron chi connectivity index (χ1n) is 5.33. The molecule has 0 aromatic carbocycles. The molecule has 0 saturated carbocycles. The van der Waals surface area contributed by atoms with Crippen molar-refractivity contribution in [3.63, 3.8) is 0 Å². The van der Waals surface area contributed by atoms with E-state index in [2.05, 4.69) is 0 Å². The summed E-state index contributed by atoms with van der Waals surface area (Å²) >= 11 is 0. The van der Waals surface area contributed by atoms with Gasteiger partial charge >= 0.3 is 12.1 Å². The molecular weight excluding hydrogens is 253 g/mol. The van der Waals surface area contributed by atoms with E-state index in [1.165, 1.54) is 0 Å². The monoisotopic (exact) mass is 270 g/mol. The number of amides is 1. The topological polar surface area (TPSA) is 60.9 Å². The number of hydrogen-bond donors (Lipinski definition) is 1. The van der Waals surface area contributed by atoms with Crippen LogP contribution in [0.15, 0.2) is 0 Å². The van der Waals surface area contributed by atoms with Crippen LogP contribution in [0.4, 0.5) is 13.2 Å². The molecule has 8 heteroatoms. The Hall–Kier alpha value is -1.31. The van der Waals surface area contributed by atoms with E-state index in [1.54, 1.807) is 19.0 Å². The Labute approximate surface area is 103 Å². The number of halogens is 3. The van der Waals surface area contributed by atoms with Gasteiger partial charge in [0.15, 0.2) is 0 Å². The maximum absolute atomic E-state index is 12.0. The Bertz CT molecular complexity index is 293. The lowest BCUT2D eigenvalue weighted by molar-refractivity contribution is -0.152. The van der Waals surface area contributed by atoms with Crippen LogP contribution in [0.1, 0.15) is 12.8 Å². The van der Waals surface area contributed by atoms with Crippen molar-refractivity contribution in [2.24, 2.45) is 0 Å². The van der Waals surface area contributed by atoms with Gasteiger partial charge < -0.3 is 14.9 Å². The molecule has 0 unspecified atom stereocenters. The van der Waals surface area contributed by atoms with Crippen LogP contribution in [-0.2, 0) is 9.59 Å². The summed E-state index contributed by atoms with van der Waals surface area (Å²) in [5.41, 5.74) is 0. The maximum atomic E-state index is 12.0. The minimum Gasteiger partial charge on any atom is -0.480 e. The van der Waals surface area contributed by atoms with Gasteiger partial charge in [0.25, 0.3) is 0 Å². The molecule has 0 fully saturated rings. The molecule has 0 radical (unpaired) electrons. The third-order valence-electron chi connectivity index (χ3n) is 2.12. The molecule has 0 aliphatic carbocycles. The molecule has 0 spiro atoms. The van der Waals surface area contributed by atoms with Gasteiger partial charge in [-0.2, -0.15) is 13.2 Å². The van der Waals surface area contributed by atoms with Gasteiger partial charge in [0.2, 0.25) is 5.91 Å². The molecule has 0 aromatic rings. The summed E-state index contributed by atoms with van der Waals surface area (Å²) in [6.45, 7) is -0.0917. The van der Waals surface area contributed by atoms with Crippen molar-refractivity contribution in [1.29, 1.82) is 0 Å². The van der Waals surface area contributed by atoms with Crippen LogP contribution in [-0.4, -0.2) is 66.7 Å².